The average molecular weight is 403 g/mol. The zero-order valence-electron chi connectivity index (χ0n) is 16.4. The van der Waals surface area contributed by atoms with E-state index in [1.165, 1.54) is 12.1 Å². The Morgan fingerprint density at radius 2 is 1.77 bits per heavy atom. The molecule has 6 heteroatoms. The van der Waals surface area contributed by atoms with E-state index in [1.54, 1.807) is 29.4 Å². The normalized spacial score (nSPS) is 18.2. The lowest BCUT2D eigenvalue weighted by Crippen LogP contribution is -2.35. The summed E-state index contributed by atoms with van der Waals surface area (Å²) in [6.45, 7) is 0.972. The molecule has 0 bridgehead atoms. The largest absolute Gasteiger partial charge is 0.352 e. The topological polar surface area (TPSA) is 62.3 Å². The lowest BCUT2D eigenvalue weighted by atomic mass is 9.88. The molecule has 1 saturated heterocycles. The van der Waals surface area contributed by atoms with Crippen LogP contribution in [0.2, 0.25) is 0 Å². The van der Waals surface area contributed by atoms with E-state index in [-0.39, 0.29) is 23.9 Å². The van der Waals surface area contributed by atoms with Crippen molar-refractivity contribution >= 4 is 11.8 Å². The maximum absolute atomic E-state index is 14.1. The third-order valence-corrected chi connectivity index (χ3v) is 5.47. The molecule has 1 aliphatic heterocycles. The van der Waals surface area contributed by atoms with Crippen LogP contribution in [0.4, 0.5) is 4.39 Å². The van der Waals surface area contributed by atoms with Gasteiger partial charge in [0.15, 0.2) is 0 Å². The number of halogens is 1. The van der Waals surface area contributed by atoms with Crippen LogP contribution in [0.3, 0.4) is 0 Å². The van der Waals surface area contributed by atoms with Crippen LogP contribution >= 0.6 is 0 Å². The first kappa shape index (κ1) is 19.8. The Kier molecular flexibility index (Phi) is 5.84. The molecule has 1 aromatic heterocycles. The predicted molar refractivity (Wildman–Crippen MR) is 111 cm³/mol. The number of hydrogen-bond donors (Lipinski definition) is 1. The fourth-order valence-electron chi connectivity index (χ4n) is 3.90. The number of aromatic nitrogens is 1. The first-order valence-electron chi connectivity index (χ1n) is 9.89. The van der Waals surface area contributed by atoms with Crippen LogP contribution in [-0.2, 0) is 11.3 Å². The molecule has 2 atom stereocenters. The summed E-state index contributed by atoms with van der Waals surface area (Å²) < 4.78 is 14.1. The predicted octanol–water partition coefficient (Wildman–Crippen LogP) is 3.39. The molecule has 2 aromatic carbocycles. The Labute approximate surface area is 174 Å². The maximum atomic E-state index is 14.1. The lowest BCUT2D eigenvalue weighted by Gasteiger charge is -2.18. The molecule has 2 amide bonds. The van der Waals surface area contributed by atoms with Crippen LogP contribution in [0, 0.1) is 11.7 Å². The van der Waals surface area contributed by atoms with Gasteiger partial charge in [0.2, 0.25) is 5.91 Å². The quantitative estimate of drug-likeness (QED) is 0.710. The molecule has 1 fully saturated rings. The van der Waals surface area contributed by atoms with E-state index in [0.717, 1.165) is 11.1 Å². The lowest BCUT2D eigenvalue weighted by molar-refractivity contribution is -0.125. The highest BCUT2D eigenvalue weighted by molar-refractivity contribution is 5.95. The fraction of sp³-hybridized carbons (Fsp3) is 0.208. The third-order valence-electron chi connectivity index (χ3n) is 5.47. The highest BCUT2D eigenvalue weighted by atomic mass is 19.1. The van der Waals surface area contributed by atoms with Crippen LogP contribution in [-0.4, -0.2) is 34.8 Å². The molecule has 2 heterocycles. The van der Waals surface area contributed by atoms with E-state index in [1.807, 2.05) is 42.5 Å². The number of amides is 2. The third kappa shape index (κ3) is 4.22. The Balaban J connectivity index is 1.54. The zero-order chi connectivity index (χ0) is 20.9. The van der Waals surface area contributed by atoms with Crippen molar-refractivity contribution in [2.24, 2.45) is 5.92 Å². The molecule has 0 aliphatic carbocycles. The summed E-state index contributed by atoms with van der Waals surface area (Å²) in [6.07, 6.45) is 3.39. The van der Waals surface area contributed by atoms with Gasteiger partial charge in [-0.2, -0.15) is 0 Å². The van der Waals surface area contributed by atoms with E-state index in [4.69, 9.17) is 0 Å². The van der Waals surface area contributed by atoms with Crippen molar-refractivity contribution in [2.75, 3.05) is 13.1 Å². The van der Waals surface area contributed by atoms with E-state index in [2.05, 4.69) is 10.3 Å². The van der Waals surface area contributed by atoms with Gasteiger partial charge < -0.3 is 10.2 Å². The Morgan fingerprint density at radius 1 is 1.00 bits per heavy atom. The van der Waals surface area contributed by atoms with E-state index >= 15 is 0 Å². The van der Waals surface area contributed by atoms with Gasteiger partial charge >= 0.3 is 0 Å². The number of hydrogen-bond acceptors (Lipinski definition) is 3. The van der Waals surface area contributed by atoms with Crippen LogP contribution in [0.25, 0.3) is 0 Å². The highest BCUT2D eigenvalue weighted by Gasteiger charge is 2.40. The van der Waals surface area contributed by atoms with Gasteiger partial charge in [0.05, 0.1) is 11.5 Å². The number of rotatable bonds is 5. The number of nitrogens with one attached hydrogen (secondary N) is 1. The second-order valence-corrected chi connectivity index (χ2v) is 7.39. The Hall–Kier alpha value is -3.54. The summed E-state index contributed by atoms with van der Waals surface area (Å²) in [5, 5.41) is 2.96. The molecule has 3 aromatic rings. The second kappa shape index (κ2) is 8.86. The molecular formula is C24H22FN3O2. The van der Waals surface area contributed by atoms with Crippen molar-refractivity contribution in [3.8, 4) is 0 Å². The van der Waals surface area contributed by atoms with Gasteiger partial charge in [-0.1, -0.05) is 48.5 Å². The summed E-state index contributed by atoms with van der Waals surface area (Å²) in [7, 11) is 0. The van der Waals surface area contributed by atoms with Gasteiger partial charge in [0, 0.05) is 37.9 Å². The van der Waals surface area contributed by atoms with Crippen molar-refractivity contribution in [1.82, 2.24) is 15.2 Å². The molecule has 0 saturated carbocycles. The first-order valence-corrected chi connectivity index (χ1v) is 9.89. The summed E-state index contributed by atoms with van der Waals surface area (Å²) in [4.78, 5) is 31.6. The molecule has 4 rings (SSSR count). The molecule has 2 unspecified atom stereocenters. The van der Waals surface area contributed by atoms with Crippen LogP contribution < -0.4 is 5.32 Å². The van der Waals surface area contributed by atoms with Gasteiger partial charge in [0.1, 0.15) is 5.82 Å². The number of carbonyl (C=O) groups excluding carboxylic acids is 2. The summed E-state index contributed by atoms with van der Waals surface area (Å²) in [6, 6.07) is 19.3. The summed E-state index contributed by atoms with van der Waals surface area (Å²) in [5.41, 5.74) is 1.92. The number of likely N-dealkylation sites (tertiary alicyclic amines) is 1. The first-order chi connectivity index (χ1) is 14.6. The van der Waals surface area contributed by atoms with Gasteiger partial charge in [-0.15, -0.1) is 0 Å². The van der Waals surface area contributed by atoms with Crippen LogP contribution in [0.5, 0.6) is 0 Å². The van der Waals surface area contributed by atoms with Gasteiger partial charge in [-0.25, -0.2) is 4.39 Å². The molecular weight excluding hydrogens is 381 g/mol. The van der Waals surface area contributed by atoms with Gasteiger partial charge in [-0.3, -0.25) is 14.6 Å². The minimum atomic E-state index is -0.553. The molecule has 152 valence electrons. The molecule has 1 N–H and O–H groups in total. The van der Waals surface area contributed by atoms with Crippen molar-refractivity contribution in [1.29, 1.82) is 0 Å². The van der Waals surface area contributed by atoms with Crippen molar-refractivity contribution in [3.63, 3.8) is 0 Å². The fourth-order valence-corrected chi connectivity index (χ4v) is 3.90. The molecule has 0 spiro atoms. The Morgan fingerprint density at radius 3 is 2.50 bits per heavy atom. The molecule has 30 heavy (non-hydrogen) atoms. The SMILES string of the molecule is O=C(NCc1cccnc1)C1CN(C(=O)c2ccccc2F)CC1c1ccccc1. The van der Waals surface area contributed by atoms with Gasteiger partial charge in [-0.05, 0) is 29.3 Å². The van der Waals surface area contributed by atoms with E-state index < -0.39 is 17.6 Å². The van der Waals surface area contributed by atoms with Crippen molar-refractivity contribution in [3.05, 3.63) is 102 Å². The maximum Gasteiger partial charge on any atom is 0.256 e. The smallest absolute Gasteiger partial charge is 0.256 e. The number of pyridine rings is 1. The Bertz CT molecular complexity index is 1030. The van der Waals surface area contributed by atoms with E-state index in [0.29, 0.717) is 13.1 Å². The van der Waals surface area contributed by atoms with Crippen LogP contribution in [0.1, 0.15) is 27.4 Å². The molecule has 5 nitrogen and oxygen atoms in total. The van der Waals surface area contributed by atoms with Crippen LogP contribution in [0.15, 0.2) is 79.1 Å². The highest BCUT2D eigenvalue weighted by Crippen LogP contribution is 2.34. The van der Waals surface area contributed by atoms with Gasteiger partial charge in [0.25, 0.3) is 5.91 Å². The average Bonchev–Trinajstić information content (AvgIpc) is 3.24. The molecule has 1 aliphatic rings. The zero-order valence-corrected chi connectivity index (χ0v) is 16.4. The summed E-state index contributed by atoms with van der Waals surface area (Å²) in [5.74, 6) is -1.65. The van der Waals surface area contributed by atoms with Crippen molar-refractivity contribution < 1.29 is 14.0 Å². The number of benzene rings is 2. The van der Waals surface area contributed by atoms with Crippen molar-refractivity contribution in [2.45, 2.75) is 12.5 Å². The van der Waals surface area contributed by atoms with E-state index in [9.17, 15) is 14.0 Å². The monoisotopic (exact) mass is 403 g/mol. The second-order valence-electron chi connectivity index (χ2n) is 7.39. The standard InChI is InChI=1S/C24H22FN3O2/c25-22-11-5-4-10-19(22)24(30)28-15-20(18-8-2-1-3-9-18)21(16-28)23(29)27-14-17-7-6-12-26-13-17/h1-13,20-21H,14-16H2,(H,27,29). The number of carbonyl (C=O) groups is 2. The minimum absolute atomic E-state index is 0.0285. The summed E-state index contributed by atoms with van der Waals surface area (Å²) >= 11 is 0. The number of nitrogens with zero attached hydrogens (tertiary/aromatic N) is 2. The molecule has 0 radical (unpaired) electrons. The minimum Gasteiger partial charge on any atom is -0.352 e.